The van der Waals surface area contributed by atoms with Gasteiger partial charge in [0.1, 0.15) is 0 Å². The third-order valence-corrected chi connectivity index (χ3v) is 0.927. The summed E-state index contributed by atoms with van der Waals surface area (Å²) in [5.41, 5.74) is 0. The van der Waals surface area contributed by atoms with Crippen LogP contribution in [0, 0.1) is 17.4 Å². The Morgan fingerprint density at radius 2 is 2.00 bits per heavy atom. The molecule has 0 aromatic carbocycles. The summed E-state index contributed by atoms with van der Waals surface area (Å²) < 4.78 is 0. The minimum absolute atomic E-state index is 0.0185. The van der Waals surface area contributed by atoms with E-state index in [-0.39, 0.29) is 5.92 Å². The quantitative estimate of drug-likeness (QED) is 0.499. The molecule has 0 aromatic heterocycles. The van der Waals surface area contributed by atoms with Gasteiger partial charge in [0.25, 0.3) is 6.26 Å². The minimum atomic E-state index is -0.630. The molecule has 0 amide bonds. The molecule has 50 valence electrons. The maximum atomic E-state index is 9.76. The highest BCUT2D eigenvalue weighted by molar-refractivity contribution is 5.72. The Morgan fingerprint density at radius 1 is 1.67 bits per heavy atom. The smallest absolute Gasteiger partial charge is 0.306 e. The van der Waals surface area contributed by atoms with Crippen LogP contribution < -0.4 is 0 Å². The van der Waals surface area contributed by atoms with Crippen molar-refractivity contribution in [2.24, 2.45) is 5.92 Å². The van der Waals surface area contributed by atoms with Crippen LogP contribution in [-0.2, 0) is 4.79 Å². The van der Waals surface area contributed by atoms with Crippen molar-refractivity contribution in [2.75, 3.05) is 0 Å². The van der Waals surface area contributed by atoms with Crippen molar-refractivity contribution < 1.29 is 15.0 Å². The molecule has 2 N–H and O–H groups in total. The maximum Gasteiger partial charge on any atom is 0.306 e. The van der Waals surface area contributed by atoms with Crippen LogP contribution in [0.1, 0.15) is 12.8 Å². The Labute approximate surface area is 52.3 Å². The first-order valence-electron chi connectivity index (χ1n) is 2.48. The molecule has 0 aromatic rings. The molecule has 0 bridgehead atoms. The maximum absolute atomic E-state index is 9.76. The lowest BCUT2D eigenvalue weighted by molar-refractivity contribution is -0.138. The number of aliphatic hydroxyl groups is 1. The Morgan fingerprint density at radius 3 is 2.00 bits per heavy atom. The van der Waals surface area contributed by atoms with Crippen molar-refractivity contribution in [1.82, 2.24) is 0 Å². The van der Waals surface area contributed by atoms with Crippen molar-refractivity contribution >= 4 is 5.97 Å². The summed E-state index contributed by atoms with van der Waals surface area (Å²) in [6, 6.07) is 0. The SMILES string of the molecule is N#CO.O=C(O)C1CC1. The third-order valence-electron chi connectivity index (χ3n) is 0.927. The van der Waals surface area contributed by atoms with E-state index in [1.165, 1.54) is 0 Å². The van der Waals surface area contributed by atoms with Crippen LogP contribution in [0.15, 0.2) is 0 Å². The molecular weight excluding hydrogens is 122 g/mol. The second kappa shape index (κ2) is 3.72. The third kappa shape index (κ3) is 4.62. The van der Waals surface area contributed by atoms with E-state index in [0.29, 0.717) is 0 Å². The van der Waals surface area contributed by atoms with E-state index in [1.807, 2.05) is 0 Å². The van der Waals surface area contributed by atoms with E-state index >= 15 is 0 Å². The Hall–Kier alpha value is -1.24. The zero-order valence-electron chi connectivity index (χ0n) is 4.74. The lowest BCUT2D eigenvalue weighted by Gasteiger charge is -1.75. The number of hydrogen-bond acceptors (Lipinski definition) is 3. The summed E-state index contributed by atoms with van der Waals surface area (Å²) in [5, 5.41) is 21.8. The molecule has 0 unspecified atom stereocenters. The second-order valence-electron chi connectivity index (χ2n) is 1.71. The standard InChI is InChI=1S/C4H6O2.CHNO/c5-4(6)3-1-2-3;2-1-3/h3H,1-2H2,(H,5,6);3H. The lowest BCUT2D eigenvalue weighted by Crippen LogP contribution is -1.94. The first-order chi connectivity index (χ1) is 4.22. The number of carbonyl (C=O) groups is 1. The fourth-order valence-electron chi connectivity index (χ4n) is 0.330. The Balaban J connectivity index is 0.000000187. The van der Waals surface area contributed by atoms with E-state index in [4.69, 9.17) is 15.5 Å². The molecule has 0 radical (unpaired) electrons. The number of carboxylic acid groups (broad SMARTS) is 1. The molecule has 1 fully saturated rings. The van der Waals surface area contributed by atoms with Gasteiger partial charge in [-0.3, -0.25) is 4.79 Å². The van der Waals surface area contributed by atoms with Crippen molar-refractivity contribution in [3.05, 3.63) is 0 Å². The highest BCUT2D eigenvalue weighted by Crippen LogP contribution is 2.28. The monoisotopic (exact) mass is 129 g/mol. The van der Waals surface area contributed by atoms with Gasteiger partial charge in [-0.25, -0.2) is 0 Å². The van der Waals surface area contributed by atoms with E-state index in [9.17, 15) is 4.79 Å². The van der Waals surface area contributed by atoms with Crippen LogP contribution in [0.25, 0.3) is 0 Å². The minimum Gasteiger partial charge on any atom is -0.481 e. The number of nitrogens with zero attached hydrogens (tertiary/aromatic N) is 1. The number of nitriles is 1. The van der Waals surface area contributed by atoms with Crippen LogP contribution in [0.5, 0.6) is 0 Å². The van der Waals surface area contributed by atoms with Crippen molar-refractivity contribution in [1.29, 1.82) is 5.26 Å². The Bertz CT molecular complexity index is 134. The average Bonchev–Trinajstić information content (AvgIpc) is 2.44. The summed E-state index contributed by atoms with van der Waals surface area (Å²) in [6.07, 6.45) is 2.55. The molecule has 4 nitrogen and oxygen atoms in total. The fraction of sp³-hybridized carbons (Fsp3) is 0.600. The van der Waals surface area contributed by atoms with E-state index in [0.717, 1.165) is 19.1 Å². The molecule has 4 heteroatoms. The molecule has 0 aliphatic heterocycles. The average molecular weight is 129 g/mol. The zero-order chi connectivity index (χ0) is 7.28. The molecule has 1 rings (SSSR count). The summed E-state index contributed by atoms with van der Waals surface area (Å²) in [5.74, 6) is -0.611. The lowest BCUT2D eigenvalue weighted by atomic mass is 10.5. The van der Waals surface area contributed by atoms with E-state index in [1.54, 1.807) is 0 Å². The number of aliphatic carboxylic acids is 1. The van der Waals surface area contributed by atoms with Gasteiger partial charge >= 0.3 is 5.97 Å². The fourth-order valence-corrected chi connectivity index (χ4v) is 0.330. The zero-order valence-corrected chi connectivity index (χ0v) is 4.74. The molecule has 0 atom stereocenters. The highest BCUT2D eigenvalue weighted by Gasteiger charge is 2.28. The topological polar surface area (TPSA) is 81.3 Å². The molecule has 0 heterocycles. The van der Waals surface area contributed by atoms with Gasteiger partial charge in [-0.15, -0.1) is 0 Å². The predicted octanol–water partition coefficient (Wildman–Crippen LogP) is 0.321. The van der Waals surface area contributed by atoms with Gasteiger partial charge in [-0.1, -0.05) is 0 Å². The summed E-state index contributed by atoms with van der Waals surface area (Å²) in [6.45, 7) is 0. The van der Waals surface area contributed by atoms with Crippen LogP contribution in [0.4, 0.5) is 0 Å². The van der Waals surface area contributed by atoms with E-state index in [2.05, 4.69) is 0 Å². The number of aliphatic hydroxyl groups excluding tert-OH is 1. The second-order valence-corrected chi connectivity index (χ2v) is 1.71. The first kappa shape index (κ1) is 7.76. The number of hydrogen-bond donors (Lipinski definition) is 2. The normalized spacial score (nSPS) is 14.6. The highest BCUT2D eigenvalue weighted by atomic mass is 16.4. The van der Waals surface area contributed by atoms with Crippen LogP contribution in [0.3, 0.4) is 0 Å². The van der Waals surface area contributed by atoms with E-state index < -0.39 is 5.97 Å². The van der Waals surface area contributed by atoms with Crippen LogP contribution >= 0.6 is 0 Å². The molecule has 1 aliphatic carbocycles. The predicted molar refractivity (Wildman–Crippen MR) is 27.9 cm³/mol. The van der Waals surface area contributed by atoms with Crippen molar-refractivity contribution in [2.45, 2.75) is 12.8 Å². The summed E-state index contributed by atoms with van der Waals surface area (Å²) >= 11 is 0. The van der Waals surface area contributed by atoms with Gasteiger partial charge in [0, 0.05) is 0 Å². The van der Waals surface area contributed by atoms with Gasteiger partial charge < -0.3 is 10.2 Å². The van der Waals surface area contributed by atoms with Gasteiger partial charge in [-0.05, 0) is 12.8 Å². The van der Waals surface area contributed by atoms with Gasteiger partial charge in [0.2, 0.25) is 0 Å². The van der Waals surface area contributed by atoms with Crippen LogP contribution in [-0.4, -0.2) is 16.2 Å². The van der Waals surface area contributed by atoms with Gasteiger partial charge in [-0.2, -0.15) is 5.26 Å². The summed E-state index contributed by atoms with van der Waals surface area (Å²) in [4.78, 5) is 9.76. The summed E-state index contributed by atoms with van der Waals surface area (Å²) in [7, 11) is 0. The molecular formula is C5H7NO3. The number of carboxylic acids is 1. The Kier molecular flexibility index (Phi) is 3.21. The van der Waals surface area contributed by atoms with Crippen molar-refractivity contribution in [3.63, 3.8) is 0 Å². The molecule has 1 saturated carbocycles. The molecule has 9 heavy (non-hydrogen) atoms. The largest absolute Gasteiger partial charge is 0.481 e. The van der Waals surface area contributed by atoms with Gasteiger partial charge in [0.15, 0.2) is 0 Å². The van der Waals surface area contributed by atoms with Crippen LogP contribution in [0.2, 0.25) is 0 Å². The molecule has 0 saturated heterocycles. The van der Waals surface area contributed by atoms with Crippen molar-refractivity contribution in [3.8, 4) is 6.26 Å². The molecule has 0 spiro atoms. The number of rotatable bonds is 1. The molecule has 1 aliphatic rings. The van der Waals surface area contributed by atoms with Gasteiger partial charge in [0.05, 0.1) is 5.92 Å². The first-order valence-corrected chi connectivity index (χ1v) is 2.48.